The van der Waals surface area contributed by atoms with Gasteiger partial charge in [0.05, 0.1) is 12.7 Å². The Morgan fingerprint density at radius 3 is 2.86 bits per heavy atom. The standard InChI is InChI=1S/C16H24N2O3S/c1-13(22(2)20)11-17-16(19)18-8-9-21-15(12-18)10-14-6-4-3-5-7-14/h3-7,13,15H,8-12H2,1-2H3,(H,17,19). The summed E-state index contributed by atoms with van der Waals surface area (Å²) in [6.07, 6.45) is 2.49. The number of benzene rings is 1. The predicted octanol–water partition coefficient (Wildman–Crippen LogP) is 1.41. The van der Waals surface area contributed by atoms with Crippen LogP contribution in [-0.4, -0.2) is 59.0 Å². The molecule has 22 heavy (non-hydrogen) atoms. The summed E-state index contributed by atoms with van der Waals surface area (Å²) in [5.74, 6) is 0. The van der Waals surface area contributed by atoms with Crippen molar-refractivity contribution in [3.05, 3.63) is 35.9 Å². The van der Waals surface area contributed by atoms with Crippen molar-refractivity contribution in [1.82, 2.24) is 10.2 Å². The smallest absolute Gasteiger partial charge is 0.317 e. The van der Waals surface area contributed by atoms with Crippen LogP contribution in [0, 0.1) is 0 Å². The van der Waals surface area contributed by atoms with Crippen LogP contribution in [0.2, 0.25) is 0 Å². The number of carbonyl (C=O) groups is 1. The number of hydrogen-bond donors (Lipinski definition) is 1. The Labute approximate surface area is 134 Å². The summed E-state index contributed by atoms with van der Waals surface area (Å²) in [7, 11) is -0.923. The van der Waals surface area contributed by atoms with Gasteiger partial charge in [0, 0.05) is 48.4 Å². The highest BCUT2D eigenvalue weighted by molar-refractivity contribution is 7.84. The van der Waals surface area contributed by atoms with Crippen molar-refractivity contribution in [2.45, 2.75) is 24.7 Å². The molecule has 0 aromatic heterocycles. The molecule has 5 nitrogen and oxygen atoms in total. The number of urea groups is 1. The molecule has 2 rings (SSSR count). The molecule has 0 bridgehead atoms. The van der Waals surface area contributed by atoms with E-state index in [-0.39, 0.29) is 17.4 Å². The lowest BCUT2D eigenvalue weighted by atomic mass is 10.1. The number of hydrogen-bond acceptors (Lipinski definition) is 3. The van der Waals surface area contributed by atoms with Crippen LogP contribution in [0.15, 0.2) is 30.3 Å². The van der Waals surface area contributed by atoms with E-state index in [2.05, 4.69) is 17.4 Å². The molecule has 1 saturated heterocycles. The van der Waals surface area contributed by atoms with E-state index in [1.165, 1.54) is 5.56 Å². The number of nitrogens with one attached hydrogen (secondary N) is 1. The molecule has 3 unspecified atom stereocenters. The van der Waals surface area contributed by atoms with Gasteiger partial charge in [-0.05, 0) is 12.5 Å². The van der Waals surface area contributed by atoms with E-state index in [0.717, 1.165) is 6.42 Å². The van der Waals surface area contributed by atoms with Gasteiger partial charge < -0.3 is 15.0 Å². The normalized spacial score (nSPS) is 21.2. The number of carbonyl (C=O) groups excluding carboxylic acids is 1. The number of ether oxygens (including phenoxy) is 1. The minimum absolute atomic E-state index is 0.0274. The molecule has 0 radical (unpaired) electrons. The third-order valence-electron chi connectivity index (χ3n) is 3.84. The fraction of sp³-hybridized carbons (Fsp3) is 0.562. The molecule has 1 fully saturated rings. The average Bonchev–Trinajstić information content (AvgIpc) is 2.53. The molecule has 1 heterocycles. The van der Waals surface area contributed by atoms with E-state index in [9.17, 15) is 9.00 Å². The molecule has 1 aliphatic rings. The summed E-state index contributed by atoms with van der Waals surface area (Å²) in [5, 5.41) is 2.82. The van der Waals surface area contributed by atoms with E-state index in [4.69, 9.17) is 4.74 Å². The molecule has 0 saturated carbocycles. The predicted molar refractivity (Wildman–Crippen MR) is 88.4 cm³/mol. The summed E-state index contributed by atoms with van der Waals surface area (Å²) in [6.45, 7) is 4.04. The monoisotopic (exact) mass is 324 g/mol. The zero-order chi connectivity index (χ0) is 15.9. The molecule has 1 aromatic carbocycles. The summed E-state index contributed by atoms with van der Waals surface area (Å²) in [5.41, 5.74) is 1.21. The quantitative estimate of drug-likeness (QED) is 0.891. The molecular weight excluding hydrogens is 300 g/mol. The number of rotatable bonds is 5. The van der Waals surface area contributed by atoms with Crippen molar-refractivity contribution in [1.29, 1.82) is 0 Å². The van der Waals surface area contributed by atoms with E-state index >= 15 is 0 Å². The van der Waals surface area contributed by atoms with Crippen LogP contribution in [0.4, 0.5) is 4.79 Å². The minimum Gasteiger partial charge on any atom is -0.374 e. The van der Waals surface area contributed by atoms with Crippen molar-refractivity contribution in [2.75, 3.05) is 32.5 Å². The Balaban J connectivity index is 1.82. The van der Waals surface area contributed by atoms with E-state index in [1.807, 2.05) is 25.1 Å². The van der Waals surface area contributed by atoms with Gasteiger partial charge in [-0.15, -0.1) is 0 Å². The Morgan fingerprint density at radius 2 is 2.18 bits per heavy atom. The number of amides is 2. The molecular formula is C16H24N2O3S. The SMILES string of the molecule is CC(CNC(=O)N1CCOC(Cc2ccccc2)C1)S(C)=O. The first-order valence-electron chi connectivity index (χ1n) is 7.57. The summed E-state index contributed by atoms with van der Waals surface area (Å²) < 4.78 is 17.1. The minimum atomic E-state index is -0.923. The lowest BCUT2D eigenvalue weighted by Crippen LogP contribution is -2.51. The molecule has 1 aliphatic heterocycles. The van der Waals surface area contributed by atoms with Crippen molar-refractivity contribution in [3.8, 4) is 0 Å². The van der Waals surface area contributed by atoms with Gasteiger partial charge >= 0.3 is 6.03 Å². The lowest BCUT2D eigenvalue weighted by molar-refractivity contribution is -0.0132. The van der Waals surface area contributed by atoms with Crippen LogP contribution in [0.3, 0.4) is 0 Å². The Bertz CT molecular complexity index is 509. The third-order valence-corrected chi connectivity index (χ3v) is 5.14. The zero-order valence-electron chi connectivity index (χ0n) is 13.2. The van der Waals surface area contributed by atoms with Crippen molar-refractivity contribution < 1.29 is 13.7 Å². The summed E-state index contributed by atoms with van der Waals surface area (Å²) >= 11 is 0. The molecule has 2 amide bonds. The van der Waals surface area contributed by atoms with E-state index < -0.39 is 10.8 Å². The second kappa shape index (κ2) is 8.29. The third kappa shape index (κ3) is 5.10. The Kier molecular flexibility index (Phi) is 6.39. The van der Waals surface area contributed by atoms with Gasteiger partial charge in [0.1, 0.15) is 0 Å². The van der Waals surface area contributed by atoms with Gasteiger partial charge in [-0.25, -0.2) is 4.79 Å². The highest BCUT2D eigenvalue weighted by atomic mass is 32.2. The van der Waals surface area contributed by atoms with E-state index in [1.54, 1.807) is 11.2 Å². The Morgan fingerprint density at radius 1 is 1.45 bits per heavy atom. The average molecular weight is 324 g/mol. The molecule has 6 heteroatoms. The van der Waals surface area contributed by atoms with Gasteiger partial charge in [-0.1, -0.05) is 30.3 Å². The zero-order valence-corrected chi connectivity index (χ0v) is 14.0. The van der Waals surface area contributed by atoms with Crippen LogP contribution in [-0.2, 0) is 22.0 Å². The number of morpholine rings is 1. The van der Waals surface area contributed by atoms with Crippen molar-refractivity contribution in [3.63, 3.8) is 0 Å². The van der Waals surface area contributed by atoms with Crippen LogP contribution >= 0.6 is 0 Å². The van der Waals surface area contributed by atoms with Crippen molar-refractivity contribution >= 4 is 16.8 Å². The lowest BCUT2D eigenvalue weighted by Gasteiger charge is -2.33. The Hall–Kier alpha value is -1.40. The fourth-order valence-corrected chi connectivity index (χ4v) is 2.68. The molecule has 0 spiro atoms. The molecule has 1 aromatic rings. The van der Waals surface area contributed by atoms with Crippen LogP contribution < -0.4 is 5.32 Å². The van der Waals surface area contributed by atoms with Crippen LogP contribution in [0.1, 0.15) is 12.5 Å². The van der Waals surface area contributed by atoms with Gasteiger partial charge in [0.2, 0.25) is 0 Å². The second-order valence-corrected chi connectivity index (χ2v) is 7.43. The van der Waals surface area contributed by atoms with Gasteiger partial charge in [0.25, 0.3) is 0 Å². The first-order valence-corrected chi connectivity index (χ1v) is 9.19. The topological polar surface area (TPSA) is 58.6 Å². The van der Waals surface area contributed by atoms with Gasteiger partial charge in [-0.2, -0.15) is 0 Å². The highest BCUT2D eigenvalue weighted by Gasteiger charge is 2.24. The van der Waals surface area contributed by atoms with Crippen LogP contribution in [0.25, 0.3) is 0 Å². The number of nitrogens with zero attached hydrogens (tertiary/aromatic N) is 1. The second-order valence-electron chi connectivity index (χ2n) is 5.62. The maximum absolute atomic E-state index is 12.2. The van der Waals surface area contributed by atoms with Gasteiger partial charge in [0.15, 0.2) is 0 Å². The fourth-order valence-electron chi connectivity index (χ4n) is 2.36. The maximum Gasteiger partial charge on any atom is 0.317 e. The largest absolute Gasteiger partial charge is 0.374 e. The first kappa shape index (κ1) is 17.0. The van der Waals surface area contributed by atoms with Crippen molar-refractivity contribution in [2.24, 2.45) is 0 Å². The molecule has 1 N–H and O–H groups in total. The van der Waals surface area contributed by atoms with Crippen LogP contribution in [0.5, 0.6) is 0 Å². The van der Waals surface area contributed by atoms with E-state index in [0.29, 0.717) is 26.2 Å². The maximum atomic E-state index is 12.2. The summed E-state index contributed by atoms with van der Waals surface area (Å²) in [6, 6.07) is 10.0. The molecule has 0 aliphatic carbocycles. The summed E-state index contributed by atoms with van der Waals surface area (Å²) in [4.78, 5) is 14.0. The van der Waals surface area contributed by atoms with Gasteiger partial charge in [-0.3, -0.25) is 4.21 Å². The highest BCUT2D eigenvalue weighted by Crippen LogP contribution is 2.11. The molecule has 122 valence electrons. The molecule has 3 atom stereocenters. The first-order chi connectivity index (χ1) is 10.6.